The number of nitrogens with zero attached hydrogens (tertiary/aromatic N) is 2. The van der Waals surface area contributed by atoms with E-state index in [9.17, 15) is 28.3 Å². The third-order valence-electron chi connectivity index (χ3n) is 6.41. The van der Waals surface area contributed by atoms with Crippen molar-refractivity contribution in [1.29, 1.82) is 5.41 Å². The summed E-state index contributed by atoms with van der Waals surface area (Å²) in [6.45, 7) is 0.599. The number of fused-ring (bicyclic) bond motifs is 1. The molecular formula is C29H26F2N4O4. The van der Waals surface area contributed by atoms with E-state index in [0.29, 0.717) is 11.1 Å². The number of nitrogens with one attached hydrogen (secondary N) is 1. The molecule has 0 fully saturated rings. The first kappa shape index (κ1) is 27.2. The molecule has 0 saturated carbocycles. The predicted octanol–water partition coefficient (Wildman–Crippen LogP) is 4.13. The molecule has 0 bridgehead atoms. The molecule has 1 atom stereocenters. The molecule has 10 heteroatoms. The van der Waals surface area contributed by atoms with Crippen LogP contribution in [0.3, 0.4) is 0 Å². The number of carbonyl (C=O) groups excluding carboxylic acids is 2. The lowest BCUT2D eigenvalue weighted by Crippen LogP contribution is -2.42. The molecule has 1 aliphatic rings. The monoisotopic (exact) mass is 532 g/mol. The molecule has 3 aromatic carbocycles. The quantitative estimate of drug-likeness (QED) is 0.228. The molecule has 1 unspecified atom stereocenters. The van der Waals surface area contributed by atoms with E-state index in [-0.39, 0.29) is 35.7 Å². The Kier molecular flexibility index (Phi) is 7.85. The molecular weight excluding hydrogens is 506 g/mol. The van der Waals surface area contributed by atoms with Crippen molar-refractivity contribution in [3.05, 3.63) is 100 Å². The Hall–Kier alpha value is -4.86. The molecule has 0 aliphatic carbocycles. The molecule has 1 heterocycles. The van der Waals surface area contributed by atoms with Gasteiger partial charge in [-0.1, -0.05) is 55.5 Å². The summed E-state index contributed by atoms with van der Waals surface area (Å²) >= 11 is 0. The lowest BCUT2D eigenvalue weighted by molar-refractivity contribution is -0.141. The third-order valence-corrected chi connectivity index (χ3v) is 6.41. The average Bonchev–Trinajstić information content (AvgIpc) is 2.99. The van der Waals surface area contributed by atoms with E-state index in [1.54, 1.807) is 54.6 Å². The molecule has 0 radical (unpaired) electrons. The molecule has 200 valence electrons. The van der Waals surface area contributed by atoms with E-state index >= 15 is 0 Å². The summed E-state index contributed by atoms with van der Waals surface area (Å²) in [5.41, 5.74) is 7.98. The maximum atomic E-state index is 14.5. The van der Waals surface area contributed by atoms with Gasteiger partial charge in [-0.25, -0.2) is 8.78 Å². The first-order chi connectivity index (χ1) is 18.5. The van der Waals surface area contributed by atoms with Crippen molar-refractivity contribution >= 4 is 41.5 Å². The molecule has 0 spiro atoms. The highest BCUT2D eigenvalue weighted by atomic mass is 19.1. The summed E-state index contributed by atoms with van der Waals surface area (Å²) in [5, 5.41) is 16.9. The zero-order chi connectivity index (χ0) is 28.3. The largest absolute Gasteiger partial charge is 0.481 e. The molecule has 2 amide bonds. The number of carboxylic acids is 1. The van der Waals surface area contributed by atoms with Gasteiger partial charge in [-0.05, 0) is 29.3 Å². The predicted molar refractivity (Wildman–Crippen MR) is 143 cm³/mol. The van der Waals surface area contributed by atoms with Crippen LogP contribution < -0.4 is 10.6 Å². The van der Waals surface area contributed by atoms with E-state index in [1.165, 1.54) is 22.8 Å². The molecule has 0 saturated heterocycles. The van der Waals surface area contributed by atoms with E-state index in [4.69, 9.17) is 11.1 Å². The number of carbonyl (C=O) groups is 3. The Morgan fingerprint density at radius 2 is 1.72 bits per heavy atom. The SMILES string of the molecule is CC(CN1CC(=O)N(Cc2ccc(F)cc2F)c2ccc(C=Cc3ccc(C(=N)N)cc3)cc2C1=O)C(=O)O. The minimum absolute atomic E-state index is 0.0452. The van der Waals surface area contributed by atoms with Crippen LogP contribution in [-0.4, -0.2) is 46.7 Å². The Morgan fingerprint density at radius 1 is 1.05 bits per heavy atom. The number of hydrogen-bond donors (Lipinski definition) is 3. The zero-order valence-electron chi connectivity index (χ0n) is 21.0. The van der Waals surface area contributed by atoms with Crippen LogP contribution in [0.2, 0.25) is 0 Å². The number of amidine groups is 1. The normalized spacial score (nSPS) is 14.3. The fraction of sp³-hybridized carbons (Fsp3) is 0.172. The van der Waals surface area contributed by atoms with Gasteiger partial charge in [0.2, 0.25) is 5.91 Å². The van der Waals surface area contributed by atoms with Crippen LogP contribution >= 0.6 is 0 Å². The molecule has 3 aromatic rings. The van der Waals surface area contributed by atoms with Gasteiger partial charge in [0.15, 0.2) is 0 Å². The second-order valence-electron chi connectivity index (χ2n) is 9.29. The highest BCUT2D eigenvalue weighted by molar-refractivity contribution is 6.10. The lowest BCUT2D eigenvalue weighted by Gasteiger charge is -2.24. The van der Waals surface area contributed by atoms with Gasteiger partial charge in [-0.15, -0.1) is 0 Å². The van der Waals surface area contributed by atoms with Gasteiger partial charge in [0.1, 0.15) is 24.0 Å². The van der Waals surface area contributed by atoms with E-state index < -0.39 is 41.9 Å². The summed E-state index contributed by atoms with van der Waals surface area (Å²) in [6, 6.07) is 14.9. The van der Waals surface area contributed by atoms with Crippen LogP contribution in [0.25, 0.3) is 12.2 Å². The number of anilines is 1. The van der Waals surface area contributed by atoms with Crippen molar-refractivity contribution in [1.82, 2.24) is 4.90 Å². The smallest absolute Gasteiger partial charge is 0.308 e. The number of nitrogen functional groups attached to an aromatic ring is 1. The average molecular weight is 533 g/mol. The Morgan fingerprint density at radius 3 is 2.36 bits per heavy atom. The standard InChI is InChI=1S/C29H26F2N4O4/c1-17(29(38)39)14-34-16-26(36)35(15-21-9-10-22(30)13-24(21)31)25-11-6-19(12-23(25)28(34)37)3-2-18-4-7-20(8-5-18)27(32)33/h2-13,17H,14-16H2,1H3,(H3,32,33)(H,38,39). The van der Waals surface area contributed by atoms with E-state index in [0.717, 1.165) is 17.7 Å². The van der Waals surface area contributed by atoms with Crippen molar-refractivity contribution in [3.8, 4) is 0 Å². The Balaban J connectivity index is 1.72. The number of nitrogens with two attached hydrogens (primary N) is 1. The number of amides is 2. The number of halogens is 2. The molecule has 39 heavy (non-hydrogen) atoms. The number of hydrogen-bond acceptors (Lipinski definition) is 4. The summed E-state index contributed by atoms with van der Waals surface area (Å²) in [6.07, 6.45) is 3.56. The van der Waals surface area contributed by atoms with Gasteiger partial charge in [0.05, 0.1) is 23.7 Å². The highest BCUT2D eigenvalue weighted by Crippen LogP contribution is 2.30. The van der Waals surface area contributed by atoms with Crippen LogP contribution in [0.4, 0.5) is 14.5 Å². The molecule has 4 rings (SSSR count). The van der Waals surface area contributed by atoms with Crippen LogP contribution in [0.1, 0.15) is 39.5 Å². The third kappa shape index (κ3) is 6.18. The van der Waals surface area contributed by atoms with Crippen molar-refractivity contribution < 1.29 is 28.3 Å². The summed E-state index contributed by atoms with van der Waals surface area (Å²) < 4.78 is 27.9. The van der Waals surface area contributed by atoms with Crippen LogP contribution in [0, 0.1) is 23.0 Å². The fourth-order valence-corrected chi connectivity index (χ4v) is 4.21. The number of benzene rings is 3. The topological polar surface area (TPSA) is 128 Å². The number of aliphatic carboxylic acids is 1. The molecule has 0 aromatic heterocycles. The van der Waals surface area contributed by atoms with Gasteiger partial charge < -0.3 is 20.6 Å². The van der Waals surface area contributed by atoms with Gasteiger partial charge in [-0.2, -0.15) is 0 Å². The van der Waals surface area contributed by atoms with Gasteiger partial charge in [-0.3, -0.25) is 19.8 Å². The number of rotatable bonds is 8. The fourth-order valence-electron chi connectivity index (χ4n) is 4.21. The van der Waals surface area contributed by atoms with E-state index in [2.05, 4.69) is 0 Å². The summed E-state index contributed by atoms with van der Waals surface area (Å²) in [5.74, 6) is -4.73. The van der Waals surface area contributed by atoms with E-state index in [1.807, 2.05) is 0 Å². The maximum Gasteiger partial charge on any atom is 0.308 e. The number of carboxylic acid groups (broad SMARTS) is 1. The molecule has 4 N–H and O–H groups in total. The Bertz CT molecular complexity index is 1490. The second-order valence-corrected chi connectivity index (χ2v) is 9.29. The van der Waals surface area contributed by atoms with Crippen molar-refractivity contribution in [3.63, 3.8) is 0 Å². The second kappa shape index (κ2) is 11.3. The maximum absolute atomic E-state index is 14.5. The van der Waals surface area contributed by atoms with Crippen LogP contribution in [0.15, 0.2) is 60.7 Å². The first-order valence-corrected chi connectivity index (χ1v) is 12.1. The summed E-state index contributed by atoms with van der Waals surface area (Å²) in [4.78, 5) is 40.7. The highest BCUT2D eigenvalue weighted by Gasteiger charge is 2.33. The van der Waals surface area contributed by atoms with Gasteiger partial charge in [0, 0.05) is 23.7 Å². The van der Waals surface area contributed by atoms with Gasteiger partial charge in [0.25, 0.3) is 5.91 Å². The minimum Gasteiger partial charge on any atom is -0.481 e. The van der Waals surface area contributed by atoms with Gasteiger partial charge >= 0.3 is 5.97 Å². The Labute approximate surface area is 223 Å². The van der Waals surface area contributed by atoms with Crippen molar-refractivity contribution in [2.75, 3.05) is 18.0 Å². The van der Waals surface area contributed by atoms with Crippen LogP contribution in [0.5, 0.6) is 0 Å². The van der Waals surface area contributed by atoms with Crippen LogP contribution in [-0.2, 0) is 16.1 Å². The molecule has 1 aliphatic heterocycles. The first-order valence-electron chi connectivity index (χ1n) is 12.1. The minimum atomic E-state index is -1.11. The molecule has 8 nitrogen and oxygen atoms in total. The lowest BCUT2D eigenvalue weighted by atomic mass is 10.0. The summed E-state index contributed by atoms with van der Waals surface area (Å²) in [7, 11) is 0. The van der Waals surface area contributed by atoms with Crippen molar-refractivity contribution in [2.45, 2.75) is 13.5 Å². The van der Waals surface area contributed by atoms with Crippen molar-refractivity contribution in [2.24, 2.45) is 11.7 Å². The zero-order valence-corrected chi connectivity index (χ0v) is 21.0.